The van der Waals surface area contributed by atoms with Crippen molar-refractivity contribution in [1.82, 2.24) is 4.98 Å². The second-order valence-electron chi connectivity index (χ2n) is 3.27. The molecule has 0 fully saturated rings. The van der Waals surface area contributed by atoms with Crippen LogP contribution in [-0.4, -0.2) is 17.6 Å². The summed E-state index contributed by atoms with van der Waals surface area (Å²) in [5.41, 5.74) is 5.52. The molecule has 0 radical (unpaired) electrons. The highest BCUT2D eigenvalue weighted by atomic mass is 19.1. The maximum atomic E-state index is 13.1. The molecule has 0 spiro atoms. The molecule has 0 aromatic carbocycles. The van der Waals surface area contributed by atoms with Gasteiger partial charge in [-0.05, 0) is 19.9 Å². The van der Waals surface area contributed by atoms with Crippen molar-refractivity contribution in [3.63, 3.8) is 0 Å². The van der Waals surface area contributed by atoms with Gasteiger partial charge in [0.15, 0.2) is 6.17 Å². The number of nitrogens with zero attached hydrogens (tertiary/aromatic N) is 1. The molecule has 0 aliphatic heterocycles. The van der Waals surface area contributed by atoms with Crippen LogP contribution < -0.4 is 10.5 Å². The zero-order chi connectivity index (χ0) is 10.6. The van der Waals surface area contributed by atoms with Crippen LogP contribution in [-0.2, 0) is 0 Å². The molecule has 1 rings (SSSR count). The monoisotopic (exact) mass is 198 g/mol. The molecule has 0 bridgehead atoms. The lowest BCUT2D eigenvalue weighted by atomic mass is 10.2. The zero-order valence-electron chi connectivity index (χ0n) is 8.40. The average Bonchev–Trinajstić information content (AvgIpc) is 2.16. The van der Waals surface area contributed by atoms with E-state index >= 15 is 0 Å². The van der Waals surface area contributed by atoms with E-state index in [4.69, 9.17) is 10.5 Å². The summed E-state index contributed by atoms with van der Waals surface area (Å²) in [5.74, 6) is 0.439. The van der Waals surface area contributed by atoms with Gasteiger partial charge in [0, 0.05) is 12.6 Å². The normalized spacial score (nSPS) is 12.9. The molecule has 2 N–H and O–H groups in total. The minimum Gasteiger partial charge on any atom is -0.475 e. The highest BCUT2D eigenvalue weighted by Crippen LogP contribution is 2.17. The Hall–Kier alpha value is -1.16. The van der Waals surface area contributed by atoms with E-state index in [2.05, 4.69) is 4.98 Å². The standard InChI is InChI=1S/C10H15FN2O/c1-7(2)14-10-5-3-4-9(13-10)8(11)6-12/h3-5,7-8H,6,12H2,1-2H3. The third-order valence-electron chi connectivity index (χ3n) is 1.63. The van der Waals surface area contributed by atoms with E-state index in [1.165, 1.54) is 0 Å². The molecule has 1 aromatic rings. The van der Waals surface area contributed by atoms with Gasteiger partial charge >= 0.3 is 0 Å². The van der Waals surface area contributed by atoms with Crippen molar-refractivity contribution in [3.8, 4) is 5.88 Å². The zero-order valence-corrected chi connectivity index (χ0v) is 8.40. The number of hydrogen-bond donors (Lipinski definition) is 1. The minimum absolute atomic E-state index is 0.0358. The number of alkyl halides is 1. The number of hydrogen-bond acceptors (Lipinski definition) is 3. The van der Waals surface area contributed by atoms with Gasteiger partial charge in [-0.3, -0.25) is 0 Å². The van der Waals surface area contributed by atoms with Gasteiger partial charge in [-0.25, -0.2) is 9.37 Å². The third kappa shape index (κ3) is 2.96. The fraction of sp³-hybridized carbons (Fsp3) is 0.500. The summed E-state index contributed by atoms with van der Waals surface area (Å²) in [6.45, 7) is 3.73. The van der Waals surface area contributed by atoms with E-state index < -0.39 is 6.17 Å². The molecule has 1 atom stereocenters. The lowest BCUT2D eigenvalue weighted by Gasteiger charge is -2.10. The van der Waals surface area contributed by atoms with Crippen LogP contribution in [0.1, 0.15) is 25.7 Å². The fourth-order valence-corrected chi connectivity index (χ4v) is 1.03. The third-order valence-corrected chi connectivity index (χ3v) is 1.63. The molecule has 14 heavy (non-hydrogen) atoms. The summed E-state index contributed by atoms with van der Waals surface area (Å²) >= 11 is 0. The first-order valence-corrected chi connectivity index (χ1v) is 4.61. The van der Waals surface area contributed by atoms with E-state index in [0.29, 0.717) is 11.6 Å². The number of halogens is 1. The molecule has 0 aliphatic carbocycles. The molecule has 0 saturated carbocycles. The van der Waals surface area contributed by atoms with Crippen molar-refractivity contribution >= 4 is 0 Å². The smallest absolute Gasteiger partial charge is 0.213 e. The molecule has 0 saturated heterocycles. The van der Waals surface area contributed by atoms with Gasteiger partial charge in [0.2, 0.25) is 5.88 Å². The quantitative estimate of drug-likeness (QED) is 0.803. The molecule has 78 valence electrons. The van der Waals surface area contributed by atoms with E-state index in [-0.39, 0.29) is 12.6 Å². The van der Waals surface area contributed by atoms with Crippen LogP contribution in [0, 0.1) is 0 Å². The number of nitrogens with two attached hydrogens (primary N) is 1. The second kappa shape index (κ2) is 4.91. The lowest BCUT2D eigenvalue weighted by Crippen LogP contribution is -2.11. The van der Waals surface area contributed by atoms with E-state index in [0.717, 1.165) is 0 Å². The van der Waals surface area contributed by atoms with Gasteiger partial charge in [0.1, 0.15) is 0 Å². The van der Waals surface area contributed by atoms with Crippen LogP contribution in [0.5, 0.6) is 5.88 Å². The molecule has 1 heterocycles. The Bertz CT molecular complexity index is 291. The van der Waals surface area contributed by atoms with E-state index in [1.54, 1.807) is 18.2 Å². The Morgan fingerprint density at radius 2 is 2.21 bits per heavy atom. The predicted molar refractivity (Wildman–Crippen MR) is 52.9 cm³/mol. The van der Waals surface area contributed by atoms with Gasteiger partial charge in [-0.1, -0.05) is 6.07 Å². The van der Waals surface area contributed by atoms with Gasteiger partial charge in [-0.2, -0.15) is 0 Å². The SMILES string of the molecule is CC(C)Oc1cccc(C(F)CN)n1. The van der Waals surface area contributed by atoms with Crippen LogP contribution in [0.15, 0.2) is 18.2 Å². The molecular formula is C10H15FN2O. The Labute approximate surface area is 83.1 Å². The summed E-state index contributed by atoms with van der Waals surface area (Å²) in [5, 5.41) is 0. The second-order valence-corrected chi connectivity index (χ2v) is 3.27. The highest BCUT2D eigenvalue weighted by Gasteiger charge is 2.09. The summed E-state index contributed by atoms with van der Waals surface area (Å²) < 4.78 is 18.5. The number of aromatic nitrogens is 1. The van der Waals surface area contributed by atoms with E-state index in [1.807, 2.05) is 13.8 Å². The number of pyridine rings is 1. The first-order valence-electron chi connectivity index (χ1n) is 4.61. The molecular weight excluding hydrogens is 183 g/mol. The van der Waals surface area contributed by atoms with Crippen LogP contribution in [0.4, 0.5) is 4.39 Å². The largest absolute Gasteiger partial charge is 0.475 e. The molecule has 0 amide bonds. The number of rotatable bonds is 4. The van der Waals surface area contributed by atoms with Crippen LogP contribution >= 0.6 is 0 Å². The molecule has 1 aromatic heterocycles. The first kappa shape index (κ1) is 10.9. The summed E-state index contributed by atoms with van der Waals surface area (Å²) in [6, 6.07) is 5.01. The van der Waals surface area contributed by atoms with Gasteiger partial charge < -0.3 is 10.5 Å². The molecule has 3 nitrogen and oxygen atoms in total. The Morgan fingerprint density at radius 3 is 2.79 bits per heavy atom. The Balaban J connectivity index is 2.78. The van der Waals surface area contributed by atoms with Crippen molar-refractivity contribution in [2.45, 2.75) is 26.1 Å². The van der Waals surface area contributed by atoms with Gasteiger partial charge in [0.05, 0.1) is 11.8 Å². The topological polar surface area (TPSA) is 48.1 Å². The van der Waals surface area contributed by atoms with Crippen molar-refractivity contribution in [2.24, 2.45) is 5.73 Å². The molecule has 4 heteroatoms. The maximum Gasteiger partial charge on any atom is 0.213 e. The lowest BCUT2D eigenvalue weighted by molar-refractivity contribution is 0.229. The van der Waals surface area contributed by atoms with Crippen molar-refractivity contribution < 1.29 is 9.13 Å². The fourth-order valence-electron chi connectivity index (χ4n) is 1.03. The highest BCUT2D eigenvalue weighted by molar-refractivity contribution is 5.17. The minimum atomic E-state index is -1.22. The van der Waals surface area contributed by atoms with Crippen LogP contribution in [0.3, 0.4) is 0 Å². The Kier molecular flexibility index (Phi) is 3.83. The van der Waals surface area contributed by atoms with Gasteiger partial charge in [-0.15, -0.1) is 0 Å². The van der Waals surface area contributed by atoms with Crippen molar-refractivity contribution in [3.05, 3.63) is 23.9 Å². The van der Waals surface area contributed by atoms with Gasteiger partial charge in [0.25, 0.3) is 0 Å². The summed E-state index contributed by atoms with van der Waals surface area (Å²) in [7, 11) is 0. The van der Waals surface area contributed by atoms with Crippen LogP contribution in [0.25, 0.3) is 0 Å². The summed E-state index contributed by atoms with van der Waals surface area (Å²) in [6.07, 6.45) is -1.18. The first-order chi connectivity index (χ1) is 6.63. The molecule has 0 aliphatic rings. The Morgan fingerprint density at radius 1 is 1.50 bits per heavy atom. The maximum absolute atomic E-state index is 13.1. The summed E-state index contributed by atoms with van der Waals surface area (Å²) in [4.78, 5) is 4.01. The molecule has 1 unspecified atom stereocenters. The number of ether oxygens (including phenoxy) is 1. The van der Waals surface area contributed by atoms with Crippen molar-refractivity contribution in [2.75, 3.05) is 6.54 Å². The average molecular weight is 198 g/mol. The predicted octanol–water partition coefficient (Wildman–Crippen LogP) is 1.84. The van der Waals surface area contributed by atoms with Crippen LogP contribution in [0.2, 0.25) is 0 Å². The van der Waals surface area contributed by atoms with E-state index in [9.17, 15) is 4.39 Å². The van der Waals surface area contributed by atoms with Crippen molar-refractivity contribution in [1.29, 1.82) is 0 Å².